The molecule has 0 radical (unpaired) electrons. The van der Waals surface area contributed by atoms with E-state index in [-0.39, 0.29) is 5.91 Å². The Morgan fingerprint density at radius 2 is 2.00 bits per heavy atom. The molecule has 2 atom stereocenters. The first-order chi connectivity index (χ1) is 9.13. The van der Waals surface area contributed by atoms with Crippen molar-refractivity contribution in [3.63, 3.8) is 0 Å². The SMILES string of the molecule is CC1CC(C)CN(C(=O)c2cn3ccccc3n2)C1. The molecule has 3 rings (SSSR count). The highest BCUT2D eigenvalue weighted by atomic mass is 16.2. The molecule has 1 aliphatic rings. The van der Waals surface area contributed by atoms with Gasteiger partial charge in [-0.1, -0.05) is 19.9 Å². The van der Waals surface area contributed by atoms with Crippen LogP contribution in [0.2, 0.25) is 0 Å². The maximum atomic E-state index is 12.5. The summed E-state index contributed by atoms with van der Waals surface area (Å²) in [5.74, 6) is 1.21. The maximum absolute atomic E-state index is 12.5. The zero-order valence-corrected chi connectivity index (χ0v) is 11.4. The molecule has 0 aliphatic carbocycles. The predicted molar refractivity (Wildman–Crippen MR) is 74.0 cm³/mol. The van der Waals surface area contributed by atoms with E-state index in [1.807, 2.05) is 39.9 Å². The lowest BCUT2D eigenvalue weighted by molar-refractivity contribution is 0.0618. The summed E-state index contributed by atoms with van der Waals surface area (Å²) >= 11 is 0. The Balaban J connectivity index is 1.86. The number of fused-ring (bicyclic) bond motifs is 1. The van der Waals surface area contributed by atoms with E-state index in [9.17, 15) is 4.79 Å². The quantitative estimate of drug-likeness (QED) is 0.787. The van der Waals surface area contributed by atoms with E-state index < -0.39 is 0 Å². The number of hydrogen-bond donors (Lipinski definition) is 0. The van der Waals surface area contributed by atoms with Crippen LogP contribution in [-0.4, -0.2) is 33.3 Å². The van der Waals surface area contributed by atoms with Crippen molar-refractivity contribution in [3.05, 3.63) is 36.3 Å². The highest BCUT2D eigenvalue weighted by Gasteiger charge is 2.27. The lowest BCUT2D eigenvalue weighted by atomic mass is 9.92. The number of likely N-dealkylation sites (tertiary alicyclic amines) is 1. The monoisotopic (exact) mass is 257 g/mol. The second-order valence-corrected chi connectivity index (χ2v) is 5.75. The summed E-state index contributed by atoms with van der Waals surface area (Å²) in [4.78, 5) is 18.9. The van der Waals surface area contributed by atoms with Crippen LogP contribution in [0.1, 0.15) is 30.8 Å². The number of carbonyl (C=O) groups excluding carboxylic acids is 1. The molecule has 4 nitrogen and oxygen atoms in total. The molecule has 1 fully saturated rings. The standard InChI is InChI=1S/C15H19N3O/c1-11-7-12(2)9-18(8-11)15(19)13-10-17-6-4-3-5-14(17)16-13/h3-6,10-12H,7-9H2,1-2H3. The van der Waals surface area contributed by atoms with Crippen molar-refractivity contribution >= 4 is 11.6 Å². The van der Waals surface area contributed by atoms with Crippen LogP contribution >= 0.6 is 0 Å². The van der Waals surface area contributed by atoms with Gasteiger partial charge in [0.05, 0.1) is 0 Å². The van der Waals surface area contributed by atoms with Crippen molar-refractivity contribution in [3.8, 4) is 0 Å². The zero-order valence-electron chi connectivity index (χ0n) is 11.4. The van der Waals surface area contributed by atoms with Gasteiger partial charge in [0.25, 0.3) is 5.91 Å². The number of hydrogen-bond acceptors (Lipinski definition) is 2. The minimum Gasteiger partial charge on any atom is -0.337 e. The first-order valence-electron chi connectivity index (χ1n) is 6.86. The van der Waals surface area contributed by atoms with Crippen molar-refractivity contribution in [2.75, 3.05) is 13.1 Å². The van der Waals surface area contributed by atoms with E-state index in [1.165, 1.54) is 6.42 Å². The molecule has 1 amide bonds. The van der Waals surface area contributed by atoms with Crippen molar-refractivity contribution in [2.45, 2.75) is 20.3 Å². The van der Waals surface area contributed by atoms with E-state index in [2.05, 4.69) is 18.8 Å². The maximum Gasteiger partial charge on any atom is 0.274 e. The minimum absolute atomic E-state index is 0.0575. The fraction of sp³-hybridized carbons (Fsp3) is 0.467. The third-order valence-corrected chi connectivity index (χ3v) is 3.74. The molecule has 0 saturated carbocycles. The number of nitrogens with zero attached hydrogens (tertiary/aromatic N) is 3. The van der Waals surface area contributed by atoms with Gasteiger partial charge < -0.3 is 9.30 Å². The summed E-state index contributed by atoms with van der Waals surface area (Å²) in [5.41, 5.74) is 1.37. The topological polar surface area (TPSA) is 37.6 Å². The van der Waals surface area contributed by atoms with E-state index >= 15 is 0 Å². The molecule has 2 aromatic heterocycles. The van der Waals surface area contributed by atoms with Gasteiger partial charge in [0.2, 0.25) is 0 Å². The molecule has 3 heterocycles. The number of pyridine rings is 1. The molecule has 1 saturated heterocycles. The number of amides is 1. The smallest absolute Gasteiger partial charge is 0.274 e. The van der Waals surface area contributed by atoms with Gasteiger partial charge in [0.15, 0.2) is 0 Å². The van der Waals surface area contributed by atoms with Gasteiger partial charge in [-0.15, -0.1) is 0 Å². The number of aromatic nitrogens is 2. The third kappa shape index (κ3) is 2.35. The van der Waals surface area contributed by atoms with Crippen molar-refractivity contribution in [1.82, 2.24) is 14.3 Å². The minimum atomic E-state index is 0.0575. The summed E-state index contributed by atoms with van der Waals surface area (Å²) in [6.45, 7) is 6.10. The predicted octanol–water partition coefficient (Wildman–Crippen LogP) is 2.45. The van der Waals surface area contributed by atoms with Crippen LogP contribution in [0.15, 0.2) is 30.6 Å². The number of rotatable bonds is 1. The molecule has 0 spiro atoms. The average Bonchev–Trinajstić information content (AvgIpc) is 2.80. The molecule has 19 heavy (non-hydrogen) atoms. The Hall–Kier alpha value is -1.84. The summed E-state index contributed by atoms with van der Waals surface area (Å²) < 4.78 is 1.89. The molecule has 0 bridgehead atoms. The molecule has 1 aliphatic heterocycles. The van der Waals surface area contributed by atoms with E-state index in [1.54, 1.807) is 0 Å². The first-order valence-corrected chi connectivity index (χ1v) is 6.86. The molecule has 4 heteroatoms. The van der Waals surface area contributed by atoms with Crippen LogP contribution in [0.5, 0.6) is 0 Å². The van der Waals surface area contributed by atoms with Crippen LogP contribution in [0.25, 0.3) is 5.65 Å². The molecule has 2 aromatic rings. The van der Waals surface area contributed by atoms with E-state index in [4.69, 9.17) is 0 Å². The molecule has 100 valence electrons. The summed E-state index contributed by atoms with van der Waals surface area (Å²) in [6, 6.07) is 5.79. The van der Waals surface area contributed by atoms with Crippen LogP contribution in [0.3, 0.4) is 0 Å². The highest BCUT2D eigenvalue weighted by molar-refractivity contribution is 5.93. The Morgan fingerprint density at radius 1 is 1.26 bits per heavy atom. The Labute approximate surface area is 113 Å². The van der Waals surface area contributed by atoms with Crippen molar-refractivity contribution in [2.24, 2.45) is 11.8 Å². The van der Waals surface area contributed by atoms with Crippen LogP contribution in [0, 0.1) is 11.8 Å². The highest BCUT2D eigenvalue weighted by Crippen LogP contribution is 2.22. The van der Waals surface area contributed by atoms with E-state index in [0.29, 0.717) is 17.5 Å². The second kappa shape index (κ2) is 4.68. The van der Waals surface area contributed by atoms with Gasteiger partial charge in [0, 0.05) is 25.5 Å². The fourth-order valence-corrected chi connectivity index (χ4v) is 3.03. The fourth-order valence-electron chi connectivity index (χ4n) is 3.03. The lowest BCUT2D eigenvalue weighted by Gasteiger charge is -2.34. The number of piperidine rings is 1. The van der Waals surface area contributed by atoms with Gasteiger partial charge in [-0.25, -0.2) is 4.98 Å². The van der Waals surface area contributed by atoms with Crippen LogP contribution < -0.4 is 0 Å². The van der Waals surface area contributed by atoms with Gasteiger partial charge in [-0.2, -0.15) is 0 Å². The van der Waals surface area contributed by atoms with Gasteiger partial charge >= 0.3 is 0 Å². The van der Waals surface area contributed by atoms with Crippen LogP contribution in [0.4, 0.5) is 0 Å². The van der Waals surface area contributed by atoms with Crippen LogP contribution in [-0.2, 0) is 0 Å². The second-order valence-electron chi connectivity index (χ2n) is 5.75. The first kappa shape index (κ1) is 12.2. The van der Waals surface area contributed by atoms with Crippen molar-refractivity contribution in [1.29, 1.82) is 0 Å². The average molecular weight is 257 g/mol. The Bertz CT molecular complexity index is 561. The third-order valence-electron chi connectivity index (χ3n) is 3.74. The summed E-state index contributed by atoms with van der Waals surface area (Å²) in [5, 5.41) is 0. The molecular weight excluding hydrogens is 238 g/mol. The molecule has 0 N–H and O–H groups in total. The molecular formula is C15H19N3O. The largest absolute Gasteiger partial charge is 0.337 e. The van der Waals surface area contributed by atoms with Gasteiger partial charge in [0.1, 0.15) is 11.3 Å². The van der Waals surface area contributed by atoms with Crippen molar-refractivity contribution < 1.29 is 4.79 Å². The molecule has 2 unspecified atom stereocenters. The summed E-state index contributed by atoms with van der Waals surface area (Å²) in [7, 11) is 0. The zero-order chi connectivity index (χ0) is 13.4. The van der Waals surface area contributed by atoms with E-state index in [0.717, 1.165) is 18.7 Å². The normalized spacial score (nSPS) is 23.8. The Kier molecular flexibility index (Phi) is 3.01. The Morgan fingerprint density at radius 3 is 2.68 bits per heavy atom. The number of carbonyl (C=O) groups is 1. The molecule has 0 aromatic carbocycles. The van der Waals surface area contributed by atoms with Gasteiger partial charge in [-0.05, 0) is 30.4 Å². The number of imidazole rings is 1. The lowest BCUT2D eigenvalue weighted by Crippen LogP contribution is -2.42. The van der Waals surface area contributed by atoms with Gasteiger partial charge in [-0.3, -0.25) is 4.79 Å². The summed E-state index contributed by atoms with van der Waals surface area (Å²) in [6.07, 6.45) is 4.94.